The number of thioether (sulfide) groups is 1. The second kappa shape index (κ2) is 11.1. The topological polar surface area (TPSA) is 59.1 Å². The lowest BCUT2D eigenvalue weighted by Crippen LogP contribution is -2.42. The first-order valence-electron chi connectivity index (χ1n) is 9.58. The molecule has 1 heterocycles. The number of nitrogens with zero attached hydrogens (tertiary/aromatic N) is 2. The molecule has 0 N–H and O–H groups in total. The summed E-state index contributed by atoms with van der Waals surface area (Å²) in [7, 11) is 3.53. The number of likely N-dealkylation sites (N-methyl/N-ethyl adjacent to an activating group) is 1. The van der Waals surface area contributed by atoms with Crippen LogP contribution in [0.15, 0.2) is 43.5 Å². The summed E-state index contributed by atoms with van der Waals surface area (Å²) in [6, 6.07) is 5.54. The maximum Gasteiger partial charge on any atom is 0.239 e. The van der Waals surface area contributed by atoms with Crippen molar-refractivity contribution in [2.75, 3.05) is 33.9 Å². The fourth-order valence-electron chi connectivity index (χ4n) is 3.33. The molecule has 1 aliphatic rings. The van der Waals surface area contributed by atoms with Gasteiger partial charge in [-0.1, -0.05) is 43.1 Å². The largest absolute Gasteiger partial charge is 0.486 e. The Morgan fingerprint density at radius 1 is 1.21 bits per heavy atom. The predicted molar refractivity (Wildman–Crippen MR) is 117 cm³/mol. The van der Waals surface area contributed by atoms with Crippen LogP contribution in [0.25, 0.3) is 0 Å². The molecule has 0 radical (unpaired) electrons. The molecule has 0 saturated carbocycles. The Labute approximate surface area is 177 Å². The smallest absolute Gasteiger partial charge is 0.239 e. The standard InChI is InChI=1S/C22H30N2O4S/c1-6-10-27-20-9-8-17(12-21(20)28-11-7-2)14-24-15-18(29-16(3)25)13-19(24)22(26)23(4)5/h6-9,12,18-19H,1-2,10-11,13-15H2,3-5H3/t18-,19-/m0/s1. The quantitative estimate of drug-likeness (QED) is 0.544. The molecule has 7 heteroatoms. The average molecular weight is 419 g/mol. The number of carbonyl (C=O) groups excluding carboxylic acids is 2. The number of hydrogen-bond acceptors (Lipinski definition) is 6. The molecule has 6 nitrogen and oxygen atoms in total. The summed E-state index contributed by atoms with van der Waals surface area (Å²) in [4.78, 5) is 28.0. The summed E-state index contributed by atoms with van der Waals surface area (Å²) in [5.74, 6) is 1.34. The molecular formula is C22H30N2O4S. The van der Waals surface area contributed by atoms with E-state index in [4.69, 9.17) is 9.47 Å². The lowest BCUT2D eigenvalue weighted by molar-refractivity contribution is -0.133. The molecule has 1 aromatic carbocycles. The third-order valence-electron chi connectivity index (χ3n) is 4.53. The molecule has 0 unspecified atom stereocenters. The highest BCUT2D eigenvalue weighted by atomic mass is 32.2. The van der Waals surface area contributed by atoms with Crippen molar-refractivity contribution in [3.8, 4) is 11.5 Å². The van der Waals surface area contributed by atoms with Crippen LogP contribution in [-0.4, -0.2) is 66.0 Å². The van der Waals surface area contributed by atoms with Crippen molar-refractivity contribution in [1.29, 1.82) is 0 Å². The SMILES string of the molecule is C=CCOc1ccc(CN2C[C@@H](SC(C)=O)C[C@H]2C(=O)N(C)C)cc1OCC=C. The van der Waals surface area contributed by atoms with Crippen molar-refractivity contribution in [3.05, 3.63) is 49.1 Å². The zero-order chi connectivity index (χ0) is 21.4. The summed E-state index contributed by atoms with van der Waals surface area (Å²) >= 11 is 1.32. The van der Waals surface area contributed by atoms with Gasteiger partial charge in [0.15, 0.2) is 16.6 Å². The van der Waals surface area contributed by atoms with E-state index in [0.717, 1.165) is 5.56 Å². The highest BCUT2D eigenvalue weighted by Crippen LogP contribution is 2.33. The van der Waals surface area contributed by atoms with Crippen molar-refractivity contribution in [3.63, 3.8) is 0 Å². The number of benzene rings is 1. The molecule has 0 aliphatic carbocycles. The second-order valence-corrected chi connectivity index (χ2v) is 8.60. The monoisotopic (exact) mass is 418 g/mol. The summed E-state index contributed by atoms with van der Waals surface area (Å²) in [6.07, 6.45) is 4.03. The second-order valence-electron chi connectivity index (χ2n) is 7.13. The molecule has 0 aromatic heterocycles. The summed E-state index contributed by atoms with van der Waals surface area (Å²) in [6.45, 7) is 11.0. The Hall–Kier alpha value is -2.25. The van der Waals surface area contributed by atoms with Gasteiger partial charge in [0.25, 0.3) is 0 Å². The molecule has 1 saturated heterocycles. The first-order valence-corrected chi connectivity index (χ1v) is 10.5. The minimum Gasteiger partial charge on any atom is -0.486 e. The van der Waals surface area contributed by atoms with Crippen LogP contribution in [0.4, 0.5) is 0 Å². The maximum atomic E-state index is 12.7. The molecule has 2 rings (SSSR count). The van der Waals surface area contributed by atoms with Crippen LogP contribution in [0.3, 0.4) is 0 Å². The summed E-state index contributed by atoms with van der Waals surface area (Å²) < 4.78 is 11.4. The molecule has 1 aliphatic heterocycles. The maximum absolute atomic E-state index is 12.7. The van der Waals surface area contributed by atoms with Gasteiger partial charge in [0.1, 0.15) is 13.2 Å². The van der Waals surface area contributed by atoms with E-state index in [0.29, 0.717) is 44.2 Å². The van der Waals surface area contributed by atoms with Crippen LogP contribution in [0.5, 0.6) is 11.5 Å². The molecule has 1 fully saturated rings. The molecular weight excluding hydrogens is 388 g/mol. The van der Waals surface area contributed by atoms with Crippen molar-refractivity contribution < 1.29 is 19.1 Å². The van der Waals surface area contributed by atoms with Crippen molar-refractivity contribution in [2.24, 2.45) is 0 Å². The lowest BCUT2D eigenvalue weighted by Gasteiger charge is -2.26. The Kier molecular flexibility index (Phi) is 8.79. The Morgan fingerprint density at radius 2 is 1.86 bits per heavy atom. The number of rotatable bonds is 10. The van der Waals surface area contributed by atoms with E-state index in [2.05, 4.69) is 18.1 Å². The van der Waals surface area contributed by atoms with Gasteiger partial charge in [-0.3, -0.25) is 14.5 Å². The third kappa shape index (κ3) is 6.65. The van der Waals surface area contributed by atoms with Gasteiger partial charge in [0.05, 0.1) is 6.04 Å². The van der Waals surface area contributed by atoms with Gasteiger partial charge in [0.2, 0.25) is 5.91 Å². The fourth-order valence-corrected chi connectivity index (χ4v) is 4.34. The highest BCUT2D eigenvalue weighted by molar-refractivity contribution is 8.14. The van der Waals surface area contributed by atoms with E-state index in [1.54, 1.807) is 38.1 Å². The first-order chi connectivity index (χ1) is 13.8. The Morgan fingerprint density at radius 3 is 2.45 bits per heavy atom. The zero-order valence-corrected chi connectivity index (χ0v) is 18.2. The van der Waals surface area contributed by atoms with Crippen LogP contribution in [0.2, 0.25) is 0 Å². The number of carbonyl (C=O) groups is 2. The average Bonchev–Trinajstić information content (AvgIpc) is 3.05. The highest BCUT2D eigenvalue weighted by Gasteiger charge is 2.38. The minimum absolute atomic E-state index is 0.0609. The van der Waals surface area contributed by atoms with Crippen molar-refractivity contribution in [2.45, 2.75) is 31.2 Å². The molecule has 1 amide bonds. The van der Waals surface area contributed by atoms with E-state index in [1.807, 2.05) is 18.2 Å². The normalized spacial score (nSPS) is 18.9. The van der Waals surface area contributed by atoms with Crippen LogP contribution in [0.1, 0.15) is 18.9 Å². The zero-order valence-electron chi connectivity index (χ0n) is 17.4. The first kappa shape index (κ1) is 23.0. The van der Waals surface area contributed by atoms with E-state index in [-0.39, 0.29) is 22.3 Å². The van der Waals surface area contributed by atoms with Gasteiger partial charge < -0.3 is 14.4 Å². The summed E-state index contributed by atoms with van der Waals surface area (Å²) in [5, 5.41) is 0.199. The third-order valence-corrected chi connectivity index (χ3v) is 5.54. The van der Waals surface area contributed by atoms with E-state index >= 15 is 0 Å². The van der Waals surface area contributed by atoms with Crippen LogP contribution < -0.4 is 9.47 Å². The molecule has 158 valence electrons. The minimum atomic E-state index is -0.240. The van der Waals surface area contributed by atoms with Crippen LogP contribution >= 0.6 is 11.8 Å². The van der Waals surface area contributed by atoms with Crippen molar-refractivity contribution >= 4 is 22.8 Å². The van der Waals surface area contributed by atoms with Gasteiger partial charge in [-0.05, 0) is 24.1 Å². The molecule has 29 heavy (non-hydrogen) atoms. The van der Waals surface area contributed by atoms with E-state index in [9.17, 15) is 9.59 Å². The number of hydrogen-bond donors (Lipinski definition) is 0. The van der Waals surface area contributed by atoms with Gasteiger partial charge in [-0.25, -0.2) is 0 Å². The van der Waals surface area contributed by atoms with Gasteiger partial charge in [-0.2, -0.15) is 0 Å². The van der Waals surface area contributed by atoms with Gasteiger partial charge >= 0.3 is 0 Å². The van der Waals surface area contributed by atoms with Crippen LogP contribution in [-0.2, 0) is 16.1 Å². The van der Waals surface area contributed by atoms with E-state index in [1.165, 1.54) is 11.8 Å². The van der Waals surface area contributed by atoms with Crippen LogP contribution in [0, 0.1) is 0 Å². The Bertz CT molecular complexity index is 750. The number of likely N-dealkylation sites (tertiary alicyclic amines) is 1. The molecule has 0 bridgehead atoms. The molecule has 0 spiro atoms. The Balaban J connectivity index is 2.21. The molecule has 1 aromatic rings. The number of ether oxygens (including phenoxy) is 2. The van der Waals surface area contributed by atoms with Gasteiger partial charge in [0, 0.05) is 39.4 Å². The summed E-state index contributed by atoms with van der Waals surface area (Å²) in [5.41, 5.74) is 1.01. The van der Waals surface area contributed by atoms with E-state index < -0.39 is 0 Å². The molecule has 2 atom stereocenters. The lowest BCUT2D eigenvalue weighted by atomic mass is 10.1. The number of amides is 1. The van der Waals surface area contributed by atoms with Crippen molar-refractivity contribution in [1.82, 2.24) is 9.80 Å². The predicted octanol–water partition coefficient (Wildman–Crippen LogP) is 3.13. The fraction of sp³-hybridized carbons (Fsp3) is 0.455. The van der Waals surface area contributed by atoms with Gasteiger partial charge in [-0.15, -0.1) is 0 Å².